The first-order chi connectivity index (χ1) is 9.08. The zero-order valence-corrected chi connectivity index (χ0v) is 11.3. The summed E-state index contributed by atoms with van der Waals surface area (Å²) in [6.07, 6.45) is 1.40. The zero-order valence-electron chi connectivity index (χ0n) is 11.3. The number of hydrogen-bond donors (Lipinski definition) is 1. The molecule has 0 fully saturated rings. The van der Waals surface area contributed by atoms with Crippen molar-refractivity contribution in [1.82, 2.24) is 9.97 Å². The Hall–Kier alpha value is -2.23. The number of carbonyl (C=O) groups excluding carboxylic acids is 1. The van der Waals surface area contributed by atoms with Crippen LogP contribution in [-0.4, -0.2) is 15.9 Å². The van der Waals surface area contributed by atoms with Crippen molar-refractivity contribution in [3.05, 3.63) is 53.6 Å². The Morgan fingerprint density at radius 1 is 1.21 bits per heavy atom. The van der Waals surface area contributed by atoms with Crippen molar-refractivity contribution < 1.29 is 4.79 Å². The molecule has 0 aliphatic rings. The molecule has 0 aliphatic carbocycles. The number of aryl methyl sites for hydroxylation is 1. The Bertz CT molecular complexity index is 593. The van der Waals surface area contributed by atoms with Gasteiger partial charge in [0, 0.05) is 11.4 Å². The van der Waals surface area contributed by atoms with Gasteiger partial charge < -0.3 is 5.32 Å². The van der Waals surface area contributed by atoms with E-state index < -0.39 is 0 Å². The highest BCUT2D eigenvalue weighted by atomic mass is 16.1. The number of nitrogens with zero attached hydrogens (tertiary/aromatic N) is 2. The molecule has 0 spiro atoms. The first kappa shape index (κ1) is 13.2. The predicted molar refractivity (Wildman–Crippen MR) is 75.3 cm³/mol. The molecule has 2 aromatic rings. The topological polar surface area (TPSA) is 54.9 Å². The molecule has 19 heavy (non-hydrogen) atoms. The number of carbonyl (C=O) groups is 1. The highest BCUT2D eigenvalue weighted by molar-refractivity contribution is 6.03. The van der Waals surface area contributed by atoms with Gasteiger partial charge in [0.05, 0.1) is 0 Å². The van der Waals surface area contributed by atoms with E-state index in [1.54, 1.807) is 6.07 Å². The summed E-state index contributed by atoms with van der Waals surface area (Å²) in [6, 6.07) is 9.48. The van der Waals surface area contributed by atoms with E-state index in [0.717, 1.165) is 16.9 Å². The second-order valence-electron chi connectivity index (χ2n) is 4.74. The van der Waals surface area contributed by atoms with E-state index >= 15 is 0 Å². The van der Waals surface area contributed by atoms with Crippen LogP contribution < -0.4 is 5.32 Å². The van der Waals surface area contributed by atoms with Crippen LogP contribution in [0.3, 0.4) is 0 Å². The van der Waals surface area contributed by atoms with Gasteiger partial charge in [0.15, 0.2) is 0 Å². The largest absolute Gasteiger partial charge is 0.320 e. The van der Waals surface area contributed by atoms with Crippen LogP contribution in [0, 0.1) is 6.92 Å². The van der Waals surface area contributed by atoms with Gasteiger partial charge >= 0.3 is 0 Å². The number of hydrogen-bond acceptors (Lipinski definition) is 3. The molecule has 1 heterocycles. The fraction of sp³-hybridized carbons (Fsp3) is 0.267. The van der Waals surface area contributed by atoms with Gasteiger partial charge in [-0.15, -0.1) is 0 Å². The van der Waals surface area contributed by atoms with E-state index in [0.29, 0.717) is 11.6 Å². The summed E-state index contributed by atoms with van der Waals surface area (Å²) in [7, 11) is 0. The molecule has 98 valence electrons. The number of aromatic nitrogens is 2. The molecule has 1 aromatic carbocycles. The fourth-order valence-corrected chi connectivity index (χ4v) is 1.88. The number of anilines is 1. The van der Waals surface area contributed by atoms with Crippen LogP contribution in [0.5, 0.6) is 0 Å². The van der Waals surface area contributed by atoms with E-state index in [1.165, 1.54) is 6.33 Å². The molecule has 1 amide bonds. The third-order valence-corrected chi connectivity index (χ3v) is 2.87. The Morgan fingerprint density at radius 3 is 2.63 bits per heavy atom. The van der Waals surface area contributed by atoms with Crippen LogP contribution in [0.2, 0.25) is 0 Å². The molecule has 0 saturated heterocycles. The molecule has 0 aliphatic heterocycles. The molecule has 0 unspecified atom stereocenters. The molecule has 0 saturated carbocycles. The minimum atomic E-state index is -0.210. The number of rotatable bonds is 3. The number of para-hydroxylation sites is 1. The summed E-state index contributed by atoms with van der Waals surface area (Å²) < 4.78 is 0. The second kappa shape index (κ2) is 5.61. The SMILES string of the molecule is Cc1cc(C(=O)Nc2ccccc2C(C)C)ncn1. The van der Waals surface area contributed by atoms with Crippen LogP contribution in [0.1, 0.15) is 41.5 Å². The average Bonchev–Trinajstić information content (AvgIpc) is 2.39. The van der Waals surface area contributed by atoms with Gasteiger partial charge in [-0.25, -0.2) is 9.97 Å². The number of amides is 1. The second-order valence-corrected chi connectivity index (χ2v) is 4.74. The summed E-state index contributed by atoms with van der Waals surface area (Å²) in [5, 5.41) is 2.91. The maximum atomic E-state index is 12.1. The first-order valence-electron chi connectivity index (χ1n) is 6.27. The lowest BCUT2D eigenvalue weighted by Crippen LogP contribution is -2.15. The van der Waals surface area contributed by atoms with Crippen molar-refractivity contribution in [3.63, 3.8) is 0 Å². The van der Waals surface area contributed by atoms with E-state index in [4.69, 9.17) is 0 Å². The van der Waals surface area contributed by atoms with Crippen LogP contribution in [0.15, 0.2) is 36.7 Å². The van der Waals surface area contributed by atoms with Crippen LogP contribution in [0.4, 0.5) is 5.69 Å². The lowest BCUT2D eigenvalue weighted by molar-refractivity contribution is 0.102. The molecular weight excluding hydrogens is 238 g/mol. The van der Waals surface area contributed by atoms with E-state index in [2.05, 4.69) is 29.1 Å². The summed E-state index contributed by atoms with van der Waals surface area (Å²) in [5.74, 6) is 0.141. The van der Waals surface area contributed by atoms with Gasteiger partial charge in [0.1, 0.15) is 12.0 Å². The van der Waals surface area contributed by atoms with Crippen molar-refractivity contribution in [3.8, 4) is 0 Å². The molecular formula is C15H17N3O. The van der Waals surface area contributed by atoms with Crippen molar-refractivity contribution in [2.75, 3.05) is 5.32 Å². The minimum absolute atomic E-state index is 0.210. The monoisotopic (exact) mass is 255 g/mol. The smallest absolute Gasteiger partial charge is 0.274 e. The van der Waals surface area contributed by atoms with Gasteiger partial charge in [0.25, 0.3) is 5.91 Å². The van der Waals surface area contributed by atoms with Crippen molar-refractivity contribution >= 4 is 11.6 Å². The van der Waals surface area contributed by atoms with Crippen LogP contribution in [0.25, 0.3) is 0 Å². The number of benzene rings is 1. The highest BCUT2D eigenvalue weighted by Gasteiger charge is 2.11. The van der Waals surface area contributed by atoms with Crippen LogP contribution in [-0.2, 0) is 0 Å². The Balaban J connectivity index is 2.24. The normalized spacial score (nSPS) is 10.5. The minimum Gasteiger partial charge on any atom is -0.320 e. The van der Waals surface area contributed by atoms with Gasteiger partial charge in [-0.3, -0.25) is 4.79 Å². The summed E-state index contributed by atoms with van der Waals surface area (Å²) in [6.45, 7) is 6.03. The first-order valence-corrected chi connectivity index (χ1v) is 6.27. The maximum Gasteiger partial charge on any atom is 0.274 e. The lowest BCUT2D eigenvalue weighted by Gasteiger charge is -2.13. The average molecular weight is 255 g/mol. The highest BCUT2D eigenvalue weighted by Crippen LogP contribution is 2.23. The molecule has 0 atom stereocenters. The summed E-state index contributed by atoms with van der Waals surface area (Å²) in [4.78, 5) is 20.1. The van der Waals surface area contributed by atoms with Gasteiger partial charge in [-0.2, -0.15) is 0 Å². The molecule has 4 heteroatoms. The van der Waals surface area contributed by atoms with Gasteiger partial charge in [0.2, 0.25) is 0 Å². The Morgan fingerprint density at radius 2 is 1.95 bits per heavy atom. The zero-order chi connectivity index (χ0) is 13.8. The van der Waals surface area contributed by atoms with E-state index in [-0.39, 0.29) is 5.91 Å². The molecule has 1 N–H and O–H groups in total. The van der Waals surface area contributed by atoms with Crippen LogP contribution >= 0.6 is 0 Å². The Kier molecular flexibility index (Phi) is 3.90. The quantitative estimate of drug-likeness (QED) is 0.916. The molecule has 2 rings (SSSR count). The van der Waals surface area contributed by atoms with Crippen molar-refractivity contribution in [2.24, 2.45) is 0 Å². The summed E-state index contributed by atoms with van der Waals surface area (Å²) in [5.41, 5.74) is 3.10. The Labute approximate surface area is 112 Å². The molecule has 0 radical (unpaired) electrons. The molecule has 4 nitrogen and oxygen atoms in total. The predicted octanol–water partition coefficient (Wildman–Crippen LogP) is 3.16. The fourth-order valence-electron chi connectivity index (χ4n) is 1.88. The molecule has 0 bridgehead atoms. The molecule has 1 aromatic heterocycles. The maximum absolute atomic E-state index is 12.1. The number of nitrogens with one attached hydrogen (secondary N) is 1. The van der Waals surface area contributed by atoms with Gasteiger partial charge in [-0.05, 0) is 30.5 Å². The van der Waals surface area contributed by atoms with E-state index in [1.807, 2.05) is 31.2 Å². The van der Waals surface area contributed by atoms with E-state index in [9.17, 15) is 4.79 Å². The van der Waals surface area contributed by atoms with Gasteiger partial charge in [-0.1, -0.05) is 32.0 Å². The third kappa shape index (κ3) is 3.16. The summed E-state index contributed by atoms with van der Waals surface area (Å²) >= 11 is 0. The standard InChI is InChI=1S/C15H17N3O/c1-10(2)12-6-4-5-7-13(12)18-15(19)14-8-11(3)16-9-17-14/h4-10H,1-3H3,(H,18,19). The third-order valence-electron chi connectivity index (χ3n) is 2.87. The lowest BCUT2D eigenvalue weighted by atomic mass is 10.0. The van der Waals surface area contributed by atoms with Crippen molar-refractivity contribution in [2.45, 2.75) is 26.7 Å². The van der Waals surface area contributed by atoms with Crippen molar-refractivity contribution in [1.29, 1.82) is 0 Å².